The zero-order valence-corrected chi connectivity index (χ0v) is 14.6. The van der Waals surface area contributed by atoms with Crippen LogP contribution in [0.5, 0.6) is 5.75 Å². The van der Waals surface area contributed by atoms with Crippen LogP contribution in [0.25, 0.3) is 0 Å². The number of nitrogens with zero attached hydrogens (tertiary/aromatic N) is 2. The summed E-state index contributed by atoms with van der Waals surface area (Å²) in [6, 6.07) is 7.72. The second-order valence-electron chi connectivity index (χ2n) is 6.37. The summed E-state index contributed by atoms with van der Waals surface area (Å²) < 4.78 is 34.9. The molecule has 0 radical (unpaired) electrons. The summed E-state index contributed by atoms with van der Waals surface area (Å²) in [6.07, 6.45) is 5.99. The third kappa shape index (κ3) is 3.54. The second-order valence-corrected chi connectivity index (χ2v) is 8.25. The molecule has 0 saturated carbocycles. The van der Waals surface area contributed by atoms with E-state index in [0.29, 0.717) is 19.6 Å². The fourth-order valence-electron chi connectivity index (χ4n) is 3.62. The third-order valence-electron chi connectivity index (χ3n) is 4.87. The fourth-order valence-corrected chi connectivity index (χ4v) is 5.54. The zero-order chi connectivity index (χ0) is 16.3. The molecule has 1 atom stereocenters. The van der Waals surface area contributed by atoms with Crippen LogP contribution in [0.2, 0.25) is 0 Å². The van der Waals surface area contributed by atoms with Crippen molar-refractivity contribution in [2.75, 3.05) is 26.7 Å². The molecule has 3 rings (SSSR count). The molecule has 1 aromatic carbocycles. The first kappa shape index (κ1) is 16.7. The Labute approximate surface area is 139 Å². The van der Waals surface area contributed by atoms with E-state index in [1.165, 1.54) is 0 Å². The van der Waals surface area contributed by atoms with Crippen LogP contribution >= 0.6 is 0 Å². The molecule has 23 heavy (non-hydrogen) atoms. The van der Waals surface area contributed by atoms with E-state index in [-0.39, 0.29) is 6.04 Å². The predicted octanol–water partition coefficient (Wildman–Crippen LogP) is 2.95. The smallest absolute Gasteiger partial charge is 0.282 e. The van der Waals surface area contributed by atoms with Gasteiger partial charge in [-0.05, 0) is 43.4 Å². The molecule has 1 unspecified atom stereocenters. The van der Waals surface area contributed by atoms with Gasteiger partial charge in [0.25, 0.3) is 10.2 Å². The van der Waals surface area contributed by atoms with Crippen LogP contribution in [0.3, 0.4) is 0 Å². The van der Waals surface area contributed by atoms with Crippen molar-refractivity contribution < 1.29 is 13.2 Å². The van der Waals surface area contributed by atoms with Crippen molar-refractivity contribution in [3.05, 3.63) is 29.8 Å². The average Bonchev–Trinajstić information content (AvgIpc) is 2.90. The van der Waals surface area contributed by atoms with E-state index in [0.717, 1.165) is 49.8 Å². The molecule has 0 amide bonds. The van der Waals surface area contributed by atoms with Gasteiger partial charge in [-0.2, -0.15) is 17.0 Å². The van der Waals surface area contributed by atoms with Gasteiger partial charge in [0.15, 0.2) is 0 Å². The number of methoxy groups -OCH3 is 1. The van der Waals surface area contributed by atoms with Crippen LogP contribution in [-0.2, 0) is 10.2 Å². The molecular weight excluding hydrogens is 312 g/mol. The zero-order valence-electron chi connectivity index (χ0n) is 13.8. The van der Waals surface area contributed by atoms with Crippen molar-refractivity contribution in [3.63, 3.8) is 0 Å². The van der Waals surface area contributed by atoms with Gasteiger partial charge in [0.1, 0.15) is 5.75 Å². The van der Waals surface area contributed by atoms with Gasteiger partial charge in [-0.3, -0.25) is 0 Å². The predicted molar refractivity (Wildman–Crippen MR) is 90.6 cm³/mol. The first-order valence-electron chi connectivity index (χ1n) is 8.54. The minimum atomic E-state index is -3.38. The van der Waals surface area contributed by atoms with Crippen molar-refractivity contribution in [1.29, 1.82) is 0 Å². The molecule has 0 aromatic heterocycles. The van der Waals surface area contributed by atoms with Gasteiger partial charge >= 0.3 is 0 Å². The molecule has 0 bridgehead atoms. The lowest BCUT2D eigenvalue weighted by molar-refractivity contribution is 0.330. The molecule has 2 heterocycles. The van der Waals surface area contributed by atoms with Crippen molar-refractivity contribution >= 4 is 10.2 Å². The van der Waals surface area contributed by atoms with E-state index in [4.69, 9.17) is 4.74 Å². The molecule has 1 aromatic rings. The summed E-state index contributed by atoms with van der Waals surface area (Å²) in [5.74, 6) is 0.779. The second kappa shape index (κ2) is 7.20. The summed E-state index contributed by atoms with van der Waals surface area (Å²) >= 11 is 0. The van der Waals surface area contributed by atoms with Gasteiger partial charge in [-0.15, -0.1) is 0 Å². The van der Waals surface area contributed by atoms with Gasteiger partial charge < -0.3 is 4.74 Å². The van der Waals surface area contributed by atoms with Gasteiger partial charge in [-0.25, -0.2) is 0 Å². The Morgan fingerprint density at radius 1 is 1.04 bits per heavy atom. The summed E-state index contributed by atoms with van der Waals surface area (Å²) in [5, 5.41) is 0. The molecule has 0 aliphatic carbocycles. The number of ether oxygens (including phenoxy) is 1. The highest BCUT2D eigenvalue weighted by Crippen LogP contribution is 2.36. The first-order chi connectivity index (χ1) is 11.1. The minimum Gasteiger partial charge on any atom is -0.497 e. The van der Waals surface area contributed by atoms with Crippen molar-refractivity contribution in [2.45, 2.75) is 44.6 Å². The van der Waals surface area contributed by atoms with Gasteiger partial charge in [0.2, 0.25) is 0 Å². The number of rotatable bonds is 4. The topological polar surface area (TPSA) is 49.9 Å². The number of hydrogen-bond donors (Lipinski definition) is 0. The van der Waals surface area contributed by atoms with Crippen LogP contribution in [0, 0.1) is 0 Å². The molecule has 5 nitrogen and oxygen atoms in total. The molecule has 6 heteroatoms. The number of hydrogen-bond acceptors (Lipinski definition) is 3. The maximum absolute atomic E-state index is 13.1. The van der Waals surface area contributed by atoms with Crippen LogP contribution in [0.15, 0.2) is 24.3 Å². The number of benzene rings is 1. The molecule has 2 fully saturated rings. The molecule has 0 N–H and O–H groups in total. The molecule has 2 aliphatic rings. The quantitative estimate of drug-likeness (QED) is 0.848. The Balaban J connectivity index is 1.85. The SMILES string of the molecule is COc1cccc(C2CCCN2S(=O)(=O)N2CCCCCC2)c1. The van der Waals surface area contributed by atoms with Crippen molar-refractivity contribution in [1.82, 2.24) is 8.61 Å². The van der Waals surface area contributed by atoms with Crippen LogP contribution < -0.4 is 4.74 Å². The third-order valence-corrected chi connectivity index (χ3v) is 6.92. The fraction of sp³-hybridized carbons (Fsp3) is 0.647. The van der Waals surface area contributed by atoms with Crippen LogP contribution in [-0.4, -0.2) is 43.8 Å². The Morgan fingerprint density at radius 2 is 1.78 bits per heavy atom. The van der Waals surface area contributed by atoms with Crippen molar-refractivity contribution in [3.8, 4) is 5.75 Å². The highest BCUT2D eigenvalue weighted by Gasteiger charge is 2.38. The summed E-state index contributed by atoms with van der Waals surface area (Å²) in [6.45, 7) is 1.92. The van der Waals surface area contributed by atoms with E-state index in [1.54, 1.807) is 15.7 Å². The van der Waals surface area contributed by atoms with Gasteiger partial charge in [-0.1, -0.05) is 25.0 Å². The van der Waals surface area contributed by atoms with E-state index in [9.17, 15) is 8.42 Å². The van der Waals surface area contributed by atoms with Crippen LogP contribution in [0.1, 0.15) is 50.1 Å². The highest BCUT2D eigenvalue weighted by molar-refractivity contribution is 7.86. The first-order valence-corrected chi connectivity index (χ1v) is 9.93. The van der Waals surface area contributed by atoms with Gasteiger partial charge in [0.05, 0.1) is 13.2 Å². The summed E-state index contributed by atoms with van der Waals surface area (Å²) in [4.78, 5) is 0. The summed E-state index contributed by atoms with van der Waals surface area (Å²) in [7, 11) is -1.74. The van der Waals surface area contributed by atoms with E-state index < -0.39 is 10.2 Å². The Bertz CT molecular complexity index is 624. The normalized spacial score (nSPS) is 24.5. The lowest BCUT2D eigenvalue weighted by Gasteiger charge is -2.30. The standard InChI is InChI=1S/C17H26N2O3S/c1-22-16-9-6-8-15(14-16)17-10-7-13-19(17)23(20,21)18-11-4-2-3-5-12-18/h6,8-9,14,17H,2-5,7,10-13H2,1H3. The molecule has 2 saturated heterocycles. The van der Waals surface area contributed by atoms with Crippen LogP contribution in [0.4, 0.5) is 0 Å². The van der Waals surface area contributed by atoms with E-state index in [2.05, 4.69) is 0 Å². The van der Waals surface area contributed by atoms with Gasteiger partial charge in [0, 0.05) is 19.6 Å². The molecule has 0 spiro atoms. The summed E-state index contributed by atoms with van der Waals surface area (Å²) in [5.41, 5.74) is 1.03. The highest BCUT2D eigenvalue weighted by atomic mass is 32.2. The lowest BCUT2D eigenvalue weighted by Crippen LogP contribution is -2.43. The largest absolute Gasteiger partial charge is 0.497 e. The maximum atomic E-state index is 13.1. The monoisotopic (exact) mass is 338 g/mol. The Morgan fingerprint density at radius 3 is 2.48 bits per heavy atom. The Hall–Kier alpha value is -1.11. The lowest BCUT2D eigenvalue weighted by atomic mass is 10.1. The molecular formula is C17H26N2O3S. The minimum absolute atomic E-state index is 0.0710. The maximum Gasteiger partial charge on any atom is 0.282 e. The van der Waals surface area contributed by atoms with Crippen molar-refractivity contribution in [2.24, 2.45) is 0 Å². The molecule has 2 aliphatic heterocycles. The van der Waals surface area contributed by atoms with E-state index >= 15 is 0 Å². The molecule has 128 valence electrons. The average molecular weight is 338 g/mol. The Kier molecular flexibility index (Phi) is 5.24. The van der Waals surface area contributed by atoms with E-state index in [1.807, 2.05) is 24.3 Å².